The largest absolute Gasteiger partial charge is 0.502 e. The first kappa shape index (κ1) is 25.1. The van der Waals surface area contributed by atoms with Crippen molar-refractivity contribution < 1.29 is 40.8 Å². The minimum absolute atomic E-state index is 0.392. The van der Waals surface area contributed by atoms with Crippen molar-refractivity contribution in [3.8, 4) is 0 Å². The van der Waals surface area contributed by atoms with Crippen LogP contribution in [-0.4, -0.2) is 86.1 Å². The summed E-state index contributed by atoms with van der Waals surface area (Å²) in [6.07, 6.45) is -0.886. The minimum atomic E-state index is -2.63. The maximum atomic E-state index is 5.62. The highest BCUT2D eigenvalue weighted by atomic mass is 28.4. The van der Waals surface area contributed by atoms with Gasteiger partial charge in [-0.15, -0.1) is 0 Å². The van der Waals surface area contributed by atoms with Gasteiger partial charge in [0.05, 0.1) is 13.2 Å². The van der Waals surface area contributed by atoms with E-state index in [1.54, 1.807) is 56.5 Å². The van der Waals surface area contributed by atoms with Crippen molar-refractivity contribution in [2.45, 2.75) is 38.5 Å². The summed E-state index contributed by atoms with van der Waals surface area (Å²) < 4.78 is 48.8. The molecule has 152 valence electrons. The van der Waals surface area contributed by atoms with Gasteiger partial charge in [0, 0.05) is 54.7 Å². The summed E-state index contributed by atoms with van der Waals surface area (Å²) in [6.45, 7) is 4.38. The molecule has 0 aromatic heterocycles. The Morgan fingerprint density at radius 2 is 0.840 bits per heavy atom. The van der Waals surface area contributed by atoms with Crippen molar-refractivity contribution in [1.82, 2.24) is 0 Å². The number of hydrogen-bond donors (Lipinski definition) is 0. The average molecular weight is 403 g/mol. The van der Waals surface area contributed by atoms with Crippen molar-refractivity contribution in [3.05, 3.63) is 0 Å². The predicted octanol–water partition coefficient (Wildman–Crippen LogP) is 1.48. The summed E-state index contributed by atoms with van der Waals surface area (Å²) in [4.78, 5) is 0. The smallest absolute Gasteiger partial charge is 0.377 e. The van der Waals surface area contributed by atoms with Gasteiger partial charge in [-0.3, -0.25) is 0 Å². The van der Waals surface area contributed by atoms with Gasteiger partial charge in [0.25, 0.3) is 0 Å². The molecule has 0 fully saturated rings. The number of ether oxygens (including phenoxy) is 3. The molecule has 0 rings (SSSR count). The molecule has 0 radical (unpaired) electrons. The minimum Gasteiger partial charge on any atom is -0.377 e. The highest BCUT2D eigenvalue weighted by Gasteiger charge is 2.38. The van der Waals surface area contributed by atoms with Crippen molar-refractivity contribution >= 4 is 17.6 Å². The second-order valence-corrected chi connectivity index (χ2v) is 11.3. The lowest BCUT2D eigenvalue weighted by atomic mass is 10.6. The third-order valence-electron chi connectivity index (χ3n) is 3.77. The van der Waals surface area contributed by atoms with Gasteiger partial charge in [-0.25, -0.2) is 0 Å². The predicted molar refractivity (Wildman–Crippen MR) is 95.1 cm³/mol. The van der Waals surface area contributed by atoms with Crippen LogP contribution in [0.3, 0.4) is 0 Å². The summed E-state index contributed by atoms with van der Waals surface area (Å²) in [6, 6.07) is 1.06. The Bertz CT molecular complexity index is 281. The van der Waals surface area contributed by atoms with Crippen molar-refractivity contribution in [2.24, 2.45) is 0 Å². The molecule has 11 heteroatoms. The Hall–Kier alpha value is 0.0738. The first-order valence-corrected chi connectivity index (χ1v) is 11.9. The maximum Gasteiger partial charge on any atom is 0.502 e. The Balaban J connectivity index is 4.08. The van der Waals surface area contributed by atoms with Gasteiger partial charge >= 0.3 is 17.6 Å². The molecule has 0 aromatic rings. The highest BCUT2D eigenvalue weighted by molar-refractivity contribution is 6.60. The summed E-state index contributed by atoms with van der Waals surface area (Å²) in [5, 5.41) is 0. The zero-order valence-corrected chi connectivity index (χ0v) is 18.7. The molecule has 0 amide bonds. The van der Waals surface area contributed by atoms with Crippen LogP contribution >= 0.6 is 0 Å². The molecule has 0 spiro atoms. The van der Waals surface area contributed by atoms with Gasteiger partial charge in [-0.1, -0.05) is 0 Å². The van der Waals surface area contributed by atoms with E-state index < -0.39 is 30.2 Å². The van der Waals surface area contributed by atoms with Crippen LogP contribution in [0, 0.1) is 0 Å². The monoisotopic (exact) mass is 402 g/mol. The lowest BCUT2D eigenvalue weighted by Crippen LogP contribution is -2.44. The van der Waals surface area contributed by atoms with Crippen LogP contribution in [0.1, 0.15) is 13.8 Å². The van der Waals surface area contributed by atoms with Gasteiger partial charge in [-0.2, -0.15) is 0 Å². The Kier molecular flexibility index (Phi) is 13.3. The molecule has 9 nitrogen and oxygen atoms in total. The van der Waals surface area contributed by atoms with E-state index >= 15 is 0 Å². The van der Waals surface area contributed by atoms with E-state index in [4.69, 9.17) is 40.8 Å². The van der Waals surface area contributed by atoms with Crippen LogP contribution < -0.4 is 0 Å². The van der Waals surface area contributed by atoms with Gasteiger partial charge in [0.1, 0.15) is 0 Å². The SMILES string of the molecule is CO[Si](CCOC(C)OC(C)OCC[Si](OC)(OC)OC)(OC)OC. The van der Waals surface area contributed by atoms with Crippen LogP contribution in [0.25, 0.3) is 0 Å². The molecule has 0 saturated carbocycles. The molecule has 2 unspecified atom stereocenters. The van der Waals surface area contributed by atoms with Crippen LogP contribution in [0.4, 0.5) is 0 Å². The third-order valence-corrected chi connectivity index (χ3v) is 9.14. The molecule has 0 bridgehead atoms. The Morgan fingerprint density at radius 3 is 1.08 bits per heavy atom. The molecule has 25 heavy (non-hydrogen) atoms. The van der Waals surface area contributed by atoms with E-state index in [-0.39, 0.29) is 0 Å². The van der Waals surface area contributed by atoms with Gasteiger partial charge in [0.15, 0.2) is 12.6 Å². The molecule has 0 aliphatic rings. The standard InChI is InChI=1S/C14H34O9Si2/c1-13(21-9-11-24(15-3,16-4)17-5)23-14(2)22-10-12-25(18-6,19-7)20-8/h13-14H,9-12H2,1-8H3. The molecular formula is C14H34O9Si2. The maximum absolute atomic E-state index is 5.62. The number of hydrogen-bond acceptors (Lipinski definition) is 9. The van der Waals surface area contributed by atoms with Gasteiger partial charge in [-0.05, 0) is 13.8 Å². The quantitative estimate of drug-likeness (QED) is 0.281. The molecule has 0 saturated heterocycles. The zero-order valence-electron chi connectivity index (χ0n) is 16.7. The molecule has 0 aromatic carbocycles. The zero-order chi connectivity index (χ0) is 19.3. The lowest BCUT2D eigenvalue weighted by Gasteiger charge is -2.26. The van der Waals surface area contributed by atoms with Gasteiger partial charge in [0.2, 0.25) is 0 Å². The highest BCUT2D eigenvalue weighted by Crippen LogP contribution is 2.15. The van der Waals surface area contributed by atoms with Crippen LogP contribution in [0.5, 0.6) is 0 Å². The fourth-order valence-electron chi connectivity index (χ4n) is 2.16. The fraction of sp³-hybridized carbons (Fsp3) is 1.00. The van der Waals surface area contributed by atoms with Crippen molar-refractivity contribution in [1.29, 1.82) is 0 Å². The van der Waals surface area contributed by atoms with E-state index in [9.17, 15) is 0 Å². The van der Waals surface area contributed by atoms with E-state index in [2.05, 4.69) is 0 Å². The first-order chi connectivity index (χ1) is 11.9. The van der Waals surface area contributed by atoms with Crippen LogP contribution in [-0.2, 0) is 40.8 Å². The van der Waals surface area contributed by atoms with E-state index in [0.717, 1.165) is 0 Å². The van der Waals surface area contributed by atoms with Crippen molar-refractivity contribution in [2.75, 3.05) is 55.9 Å². The van der Waals surface area contributed by atoms with Crippen LogP contribution in [0.15, 0.2) is 0 Å². The fourth-order valence-corrected chi connectivity index (χ4v) is 5.12. The molecule has 2 atom stereocenters. The lowest BCUT2D eigenvalue weighted by molar-refractivity contribution is -0.229. The topological polar surface area (TPSA) is 83.1 Å². The summed E-state index contributed by atoms with van der Waals surface area (Å²) in [5.74, 6) is 0. The normalized spacial score (nSPS) is 15.4. The summed E-state index contributed by atoms with van der Waals surface area (Å²) >= 11 is 0. The molecule has 0 aliphatic heterocycles. The molecule has 0 heterocycles. The molecule has 0 N–H and O–H groups in total. The van der Waals surface area contributed by atoms with Crippen LogP contribution in [0.2, 0.25) is 12.1 Å². The third kappa shape index (κ3) is 9.01. The first-order valence-electron chi connectivity index (χ1n) is 8.06. The van der Waals surface area contributed by atoms with Crippen molar-refractivity contribution in [3.63, 3.8) is 0 Å². The summed E-state index contributed by atoms with van der Waals surface area (Å²) in [5.41, 5.74) is 0. The van der Waals surface area contributed by atoms with E-state index in [1.807, 2.05) is 0 Å². The second-order valence-electron chi connectivity index (χ2n) is 5.10. The Labute approximate surface area is 153 Å². The second kappa shape index (κ2) is 13.3. The average Bonchev–Trinajstić information content (AvgIpc) is 2.63. The van der Waals surface area contributed by atoms with Gasteiger partial charge < -0.3 is 40.8 Å². The van der Waals surface area contributed by atoms with E-state index in [0.29, 0.717) is 25.3 Å². The summed E-state index contributed by atoms with van der Waals surface area (Å²) in [7, 11) is 4.15. The van der Waals surface area contributed by atoms with E-state index in [1.165, 1.54) is 0 Å². The molecule has 0 aliphatic carbocycles. The Morgan fingerprint density at radius 1 is 0.560 bits per heavy atom. The molecular weight excluding hydrogens is 368 g/mol. The number of rotatable bonds is 16.